The fourth-order valence-corrected chi connectivity index (χ4v) is 4.26. The lowest BCUT2D eigenvalue weighted by Gasteiger charge is -2.29. The zero-order chi connectivity index (χ0) is 20.7. The Morgan fingerprint density at radius 2 is 2.00 bits per heavy atom. The monoisotopic (exact) mass is 410 g/mol. The standard InChI is InChI=1S/C20H22N6O4/c27-18-5-4-17(19(28)21-18)25-12-15-14(20(25)29)2-1-3-16(15)26-11-13(22-23-26)10-24-6-8-30-9-7-24/h1-3,11,17H,4-10,12H2,(H,21,27,28). The number of imide groups is 1. The molecule has 0 aliphatic carbocycles. The first-order chi connectivity index (χ1) is 14.6. The summed E-state index contributed by atoms with van der Waals surface area (Å²) in [4.78, 5) is 40.5. The molecule has 0 saturated carbocycles. The Morgan fingerprint density at radius 1 is 1.17 bits per heavy atom. The minimum absolute atomic E-state index is 0.199. The van der Waals surface area contributed by atoms with E-state index in [1.165, 1.54) is 0 Å². The second kappa shape index (κ2) is 7.62. The summed E-state index contributed by atoms with van der Waals surface area (Å²) >= 11 is 0. The Balaban J connectivity index is 1.38. The van der Waals surface area contributed by atoms with Gasteiger partial charge in [0.2, 0.25) is 11.8 Å². The van der Waals surface area contributed by atoms with Crippen LogP contribution in [0.4, 0.5) is 0 Å². The average Bonchev–Trinajstić information content (AvgIpc) is 3.34. The van der Waals surface area contributed by atoms with Crippen molar-refractivity contribution in [1.29, 1.82) is 0 Å². The number of ether oxygens (including phenoxy) is 1. The van der Waals surface area contributed by atoms with E-state index in [-0.39, 0.29) is 18.2 Å². The van der Waals surface area contributed by atoms with Gasteiger partial charge in [0, 0.05) is 43.7 Å². The van der Waals surface area contributed by atoms with E-state index >= 15 is 0 Å². The van der Waals surface area contributed by atoms with Crippen molar-refractivity contribution in [2.24, 2.45) is 0 Å². The molecule has 156 valence electrons. The van der Waals surface area contributed by atoms with Gasteiger partial charge in [-0.2, -0.15) is 0 Å². The van der Waals surface area contributed by atoms with Crippen molar-refractivity contribution in [3.63, 3.8) is 0 Å². The van der Waals surface area contributed by atoms with Crippen LogP contribution in [0.15, 0.2) is 24.4 Å². The van der Waals surface area contributed by atoms with Gasteiger partial charge < -0.3 is 9.64 Å². The number of fused-ring (bicyclic) bond motifs is 1. The van der Waals surface area contributed by atoms with E-state index in [1.807, 2.05) is 18.3 Å². The molecule has 3 amide bonds. The predicted octanol–water partition coefficient (Wildman–Crippen LogP) is -0.139. The molecule has 1 aromatic carbocycles. The number of rotatable bonds is 4. The number of nitrogens with one attached hydrogen (secondary N) is 1. The minimum atomic E-state index is -0.636. The summed E-state index contributed by atoms with van der Waals surface area (Å²) in [5.41, 5.74) is 3.00. The third-order valence-electron chi connectivity index (χ3n) is 5.83. The third-order valence-corrected chi connectivity index (χ3v) is 5.83. The number of carbonyl (C=O) groups is 3. The Morgan fingerprint density at radius 3 is 2.80 bits per heavy atom. The number of aromatic nitrogens is 3. The van der Waals surface area contributed by atoms with E-state index in [1.54, 1.807) is 15.6 Å². The molecule has 1 aromatic heterocycles. The van der Waals surface area contributed by atoms with E-state index in [0.29, 0.717) is 25.1 Å². The van der Waals surface area contributed by atoms with Crippen molar-refractivity contribution in [3.05, 3.63) is 41.2 Å². The largest absolute Gasteiger partial charge is 0.379 e. The van der Waals surface area contributed by atoms with Crippen LogP contribution < -0.4 is 5.32 Å². The minimum Gasteiger partial charge on any atom is -0.379 e. The fourth-order valence-electron chi connectivity index (χ4n) is 4.26. The molecular weight excluding hydrogens is 388 g/mol. The highest BCUT2D eigenvalue weighted by molar-refractivity contribution is 6.05. The van der Waals surface area contributed by atoms with Gasteiger partial charge in [0.25, 0.3) is 5.91 Å². The van der Waals surface area contributed by atoms with Crippen LogP contribution in [0.3, 0.4) is 0 Å². The second-order valence-corrected chi connectivity index (χ2v) is 7.75. The lowest BCUT2D eigenvalue weighted by atomic mass is 10.0. The molecule has 2 aromatic rings. The van der Waals surface area contributed by atoms with Gasteiger partial charge in [-0.3, -0.25) is 24.6 Å². The zero-order valence-electron chi connectivity index (χ0n) is 16.4. The van der Waals surface area contributed by atoms with E-state index in [0.717, 1.165) is 43.2 Å². The SMILES string of the molecule is O=C1CCC(N2Cc3c(cccc3-n3cc(CN4CCOCC4)nn3)C2=O)C(=O)N1. The summed E-state index contributed by atoms with van der Waals surface area (Å²) in [6.07, 6.45) is 2.45. The van der Waals surface area contributed by atoms with E-state index in [2.05, 4.69) is 20.5 Å². The van der Waals surface area contributed by atoms with Crippen molar-refractivity contribution in [2.45, 2.75) is 32.0 Å². The van der Waals surface area contributed by atoms with Gasteiger partial charge in [-0.05, 0) is 18.6 Å². The van der Waals surface area contributed by atoms with Crippen LogP contribution in [-0.2, 0) is 27.4 Å². The maximum atomic E-state index is 13.0. The normalized spacial score (nSPS) is 22.3. The van der Waals surface area contributed by atoms with Gasteiger partial charge in [-0.1, -0.05) is 11.3 Å². The highest BCUT2D eigenvalue weighted by Crippen LogP contribution is 2.31. The number of carbonyl (C=O) groups excluding carboxylic acids is 3. The van der Waals surface area contributed by atoms with Crippen LogP contribution in [0.2, 0.25) is 0 Å². The van der Waals surface area contributed by atoms with Gasteiger partial charge in [-0.15, -0.1) is 5.10 Å². The Hall–Kier alpha value is -3.11. The molecule has 3 aliphatic rings. The first kappa shape index (κ1) is 18.9. The molecule has 3 aliphatic heterocycles. The summed E-state index contributed by atoms with van der Waals surface area (Å²) < 4.78 is 7.07. The predicted molar refractivity (Wildman–Crippen MR) is 104 cm³/mol. The van der Waals surface area contributed by atoms with E-state index < -0.39 is 11.9 Å². The summed E-state index contributed by atoms with van der Waals surface area (Å²) in [5, 5.41) is 10.9. The number of hydrogen-bond acceptors (Lipinski definition) is 7. The van der Waals surface area contributed by atoms with Gasteiger partial charge in [0.05, 0.1) is 30.8 Å². The lowest BCUT2D eigenvalue weighted by Crippen LogP contribution is -2.52. The topological polar surface area (TPSA) is 110 Å². The molecular formula is C20H22N6O4. The number of benzene rings is 1. The van der Waals surface area contributed by atoms with Crippen molar-refractivity contribution < 1.29 is 19.1 Å². The molecule has 4 heterocycles. The quantitative estimate of drug-likeness (QED) is 0.699. The lowest BCUT2D eigenvalue weighted by molar-refractivity contribution is -0.136. The molecule has 0 spiro atoms. The highest BCUT2D eigenvalue weighted by atomic mass is 16.5. The Labute approximate surface area is 172 Å². The molecule has 1 atom stereocenters. The summed E-state index contributed by atoms with van der Waals surface area (Å²) in [7, 11) is 0. The maximum Gasteiger partial charge on any atom is 0.255 e. The van der Waals surface area contributed by atoms with Gasteiger partial charge in [-0.25, -0.2) is 4.68 Å². The van der Waals surface area contributed by atoms with Crippen LogP contribution in [0, 0.1) is 0 Å². The van der Waals surface area contributed by atoms with Gasteiger partial charge >= 0.3 is 0 Å². The second-order valence-electron chi connectivity index (χ2n) is 7.75. The molecule has 30 heavy (non-hydrogen) atoms. The summed E-state index contributed by atoms with van der Waals surface area (Å²) in [6.45, 7) is 4.16. The Bertz CT molecular complexity index is 1010. The van der Waals surface area contributed by atoms with E-state index in [9.17, 15) is 14.4 Å². The first-order valence-corrected chi connectivity index (χ1v) is 10.1. The maximum absolute atomic E-state index is 13.0. The van der Waals surface area contributed by atoms with Crippen molar-refractivity contribution in [2.75, 3.05) is 26.3 Å². The molecule has 0 bridgehead atoms. The average molecular weight is 410 g/mol. The number of hydrogen-bond donors (Lipinski definition) is 1. The Kier molecular flexibility index (Phi) is 4.80. The van der Waals surface area contributed by atoms with Crippen LogP contribution in [0.5, 0.6) is 0 Å². The summed E-state index contributed by atoms with van der Waals surface area (Å²) in [5.74, 6) is -0.908. The number of amides is 3. The highest BCUT2D eigenvalue weighted by Gasteiger charge is 2.40. The molecule has 1 N–H and O–H groups in total. The molecule has 2 fully saturated rings. The van der Waals surface area contributed by atoms with Crippen LogP contribution >= 0.6 is 0 Å². The van der Waals surface area contributed by atoms with E-state index in [4.69, 9.17) is 4.74 Å². The van der Waals surface area contributed by atoms with Crippen molar-refractivity contribution in [1.82, 2.24) is 30.1 Å². The molecule has 1 unspecified atom stereocenters. The molecule has 2 saturated heterocycles. The fraction of sp³-hybridized carbons (Fsp3) is 0.450. The smallest absolute Gasteiger partial charge is 0.255 e. The van der Waals surface area contributed by atoms with Crippen molar-refractivity contribution >= 4 is 17.7 Å². The molecule has 0 radical (unpaired) electrons. The van der Waals surface area contributed by atoms with Crippen LogP contribution in [-0.4, -0.2) is 74.9 Å². The third kappa shape index (κ3) is 3.37. The summed E-state index contributed by atoms with van der Waals surface area (Å²) in [6, 6.07) is 4.83. The molecule has 10 nitrogen and oxygen atoms in total. The van der Waals surface area contributed by atoms with Crippen LogP contribution in [0.25, 0.3) is 5.69 Å². The zero-order valence-corrected chi connectivity index (χ0v) is 16.4. The number of piperidine rings is 1. The number of nitrogens with zero attached hydrogens (tertiary/aromatic N) is 5. The first-order valence-electron chi connectivity index (χ1n) is 10.1. The number of morpholine rings is 1. The van der Waals surface area contributed by atoms with Crippen LogP contribution in [0.1, 0.15) is 34.5 Å². The van der Waals surface area contributed by atoms with Gasteiger partial charge in [0.15, 0.2) is 0 Å². The molecule has 5 rings (SSSR count). The molecule has 10 heteroatoms. The van der Waals surface area contributed by atoms with Gasteiger partial charge in [0.1, 0.15) is 6.04 Å². The van der Waals surface area contributed by atoms with Crippen molar-refractivity contribution in [3.8, 4) is 5.69 Å².